The topological polar surface area (TPSA) is 73.5 Å². The monoisotopic (exact) mass is 212 g/mol. The predicted molar refractivity (Wildman–Crippen MR) is 53.7 cm³/mol. The normalized spacial score (nSPS) is 16.3. The van der Waals surface area contributed by atoms with Gasteiger partial charge in [-0.05, 0) is 7.05 Å². The number of hydrazine groups is 1. The van der Waals surface area contributed by atoms with E-state index < -0.39 is 0 Å². The molecule has 0 saturated carbocycles. The summed E-state index contributed by atoms with van der Waals surface area (Å²) in [6, 6.07) is -0.321. The van der Waals surface area contributed by atoms with Crippen molar-refractivity contribution in [1.82, 2.24) is 20.2 Å². The minimum Gasteiger partial charge on any atom is -0.394 e. The fourth-order valence-electron chi connectivity index (χ4n) is 1.74. The van der Waals surface area contributed by atoms with Crippen molar-refractivity contribution in [1.29, 1.82) is 0 Å². The first-order valence-electron chi connectivity index (χ1n) is 4.99. The largest absolute Gasteiger partial charge is 0.394 e. The zero-order valence-electron chi connectivity index (χ0n) is 8.72. The van der Waals surface area contributed by atoms with Gasteiger partial charge in [0.1, 0.15) is 0 Å². The molecule has 2 rings (SSSR count). The lowest BCUT2D eigenvalue weighted by Crippen LogP contribution is -2.30. The van der Waals surface area contributed by atoms with E-state index in [0.717, 1.165) is 24.3 Å². The summed E-state index contributed by atoms with van der Waals surface area (Å²) in [5.74, 6) is 0. The second-order valence-electron chi connectivity index (χ2n) is 3.68. The van der Waals surface area contributed by atoms with Crippen molar-refractivity contribution in [2.75, 3.05) is 20.3 Å². The number of nitrogens with zero attached hydrogens (tertiary/aromatic N) is 3. The molecule has 1 aromatic heterocycles. The van der Waals surface area contributed by atoms with Crippen LogP contribution in [0.1, 0.15) is 17.3 Å². The summed E-state index contributed by atoms with van der Waals surface area (Å²) in [6.45, 7) is 1.40. The van der Waals surface area contributed by atoms with Crippen molar-refractivity contribution in [3.8, 4) is 0 Å². The molecule has 0 saturated heterocycles. The second kappa shape index (κ2) is 4.28. The molecule has 1 aliphatic rings. The van der Waals surface area contributed by atoms with Crippen LogP contribution >= 0.6 is 0 Å². The van der Waals surface area contributed by atoms with Crippen molar-refractivity contribution in [3.05, 3.63) is 17.5 Å². The number of hydrogen-bond acceptors (Lipinski definition) is 5. The molecular formula is C9H16N4O2. The summed E-state index contributed by atoms with van der Waals surface area (Å²) in [7, 11) is 1.88. The first kappa shape index (κ1) is 10.6. The molecule has 0 aromatic carbocycles. The summed E-state index contributed by atoms with van der Waals surface area (Å²) in [6.07, 6.45) is 1.89. The lowest BCUT2D eigenvalue weighted by Gasteiger charge is -2.14. The van der Waals surface area contributed by atoms with E-state index in [0.29, 0.717) is 0 Å². The van der Waals surface area contributed by atoms with Crippen molar-refractivity contribution in [2.24, 2.45) is 0 Å². The molecule has 1 aliphatic heterocycles. The Bertz CT molecular complexity index is 311. The molecule has 0 radical (unpaired) electrons. The van der Waals surface area contributed by atoms with Crippen LogP contribution in [0.3, 0.4) is 0 Å². The van der Waals surface area contributed by atoms with Crippen LogP contribution in [0.25, 0.3) is 0 Å². The zero-order valence-corrected chi connectivity index (χ0v) is 8.72. The fraction of sp³-hybridized carbons (Fsp3) is 0.667. The van der Waals surface area contributed by atoms with Crippen molar-refractivity contribution in [3.63, 3.8) is 0 Å². The molecule has 0 atom stereocenters. The number of hydrogen-bond donors (Lipinski definition) is 3. The van der Waals surface area contributed by atoms with Gasteiger partial charge >= 0.3 is 0 Å². The number of aliphatic hydroxyl groups is 2. The highest BCUT2D eigenvalue weighted by atomic mass is 16.3. The molecule has 6 nitrogen and oxygen atoms in total. The average molecular weight is 212 g/mol. The summed E-state index contributed by atoms with van der Waals surface area (Å²) < 4.78 is 1.65. The Morgan fingerprint density at radius 1 is 1.47 bits per heavy atom. The number of aromatic nitrogens is 2. The van der Waals surface area contributed by atoms with E-state index in [1.165, 1.54) is 0 Å². The van der Waals surface area contributed by atoms with Crippen molar-refractivity contribution < 1.29 is 10.2 Å². The quantitative estimate of drug-likeness (QED) is 0.588. The van der Waals surface area contributed by atoms with E-state index in [1.54, 1.807) is 4.68 Å². The number of rotatable bonds is 4. The highest BCUT2D eigenvalue weighted by Crippen LogP contribution is 2.20. The molecule has 84 valence electrons. The Kier molecular flexibility index (Phi) is 3.01. The molecule has 3 N–H and O–H groups in total. The molecule has 0 amide bonds. The lowest BCUT2D eigenvalue weighted by molar-refractivity contribution is 0.143. The molecule has 0 bridgehead atoms. The summed E-state index contributed by atoms with van der Waals surface area (Å²) >= 11 is 0. The predicted octanol–water partition coefficient (Wildman–Crippen LogP) is -1.14. The number of aliphatic hydroxyl groups excluding tert-OH is 2. The van der Waals surface area contributed by atoms with Crippen LogP contribution in [-0.2, 0) is 13.1 Å². The van der Waals surface area contributed by atoms with Crippen LogP contribution in [-0.4, -0.2) is 45.3 Å². The molecular weight excluding hydrogens is 196 g/mol. The molecule has 6 heteroatoms. The molecule has 15 heavy (non-hydrogen) atoms. The average Bonchev–Trinajstić information content (AvgIpc) is 2.77. The Morgan fingerprint density at radius 2 is 2.20 bits per heavy atom. The number of fused-ring (bicyclic) bond motifs is 1. The van der Waals surface area contributed by atoms with Gasteiger partial charge in [0.05, 0.1) is 31.5 Å². The third-order valence-electron chi connectivity index (χ3n) is 2.71. The van der Waals surface area contributed by atoms with Gasteiger partial charge < -0.3 is 10.2 Å². The molecule has 1 aromatic rings. The molecule has 0 spiro atoms. The van der Waals surface area contributed by atoms with Crippen molar-refractivity contribution >= 4 is 0 Å². The molecule has 0 unspecified atom stereocenters. The lowest BCUT2D eigenvalue weighted by atomic mass is 10.3. The fourth-order valence-corrected chi connectivity index (χ4v) is 1.74. The highest BCUT2D eigenvalue weighted by molar-refractivity contribution is 5.21. The van der Waals surface area contributed by atoms with Gasteiger partial charge in [-0.25, -0.2) is 5.01 Å². The molecule has 0 aliphatic carbocycles. The Morgan fingerprint density at radius 3 is 2.73 bits per heavy atom. The van der Waals surface area contributed by atoms with Gasteiger partial charge in [0, 0.05) is 18.3 Å². The van der Waals surface area contributed by atoms with Gasteiger partial charge in [0.2, 0.25) is 0 Å². The maximum absolute atomic E-state index is 9.02. The molecule has 2 heterocycles. The molecule has 0 fully saturated rings. The van der Waals surface area contributed by atoms with E-state index in [1.807, 2.05) is 13.2 Å². The van der Waals surface area contributed by atoms with Crippen LogP contribution in [0.15, 0.2) is 6.20 Å². The highest BCUT2D eigenvalue weighted by Gasteiger charge is 2.23. The summed E-state index contributed by atoms with van der Waals surface area (Å²) in [5, 5.41) is 24.4. The van der Waals surface area contributed by atoms with Crippen LogP contribution in [0, 0.1) is 0 Å². The second-order valence-corrected chi connectivity index (χ2v) is 3.68. The SMILES string of the molecule is CNN1Cc2cn(C(CO)CO)nc2C1. The minimum atomic E-state index is -0.321. The standard InChI is InChI=1S/C9H16N4O2/c1-10-12-2-7-3-13(8(5-14)6-15)11-9(7)4-12/h3,8,10,14-15H,2,4-6H2,1H3. The first-order valence-corrected chi connectivity index (χ1v) is 4.99. The summed E-state index contributed by atoms with van der Waals surface area (Å²) in [4.78, 5) is 0. The van der Waals surface area contributed by atoms with E-state index in [4.69, 9.17) is 10.2 Å². The Labute approximate surface area is 88.1 Å². The van der Waals surface area contributed by atoms with E-state index in [-0.39, 0.29) is 19.3 Å². The van der Waals surface area contributed by atoms with E-state index in [9.17, 15) is 0 Å². The van der Waals surface area contributed by atoms with Crippen LogP contribution in [0.5, 0.6) is 0 Å². The van der Waals surface area contributed by atoms with Gasteiger partial charge in [0.15, 0.2) is 0 Å². The van der Waals surface area contributed by atoms with Crippen LogP contribution in [0.2, 0.25) is 0 Å². The third kappa shape index (κ3) is 1.89. The summed E-state index contributed by atoms with van der Waals surface area (Å²) in [5.41, 5.74) is 5.22. The van der Waals surface area contributed by atoms with Crippen LogP contribution < -0.4 is 5.43 Å². The van der Waals surface area contributed by atoms with Gasteiger partial charge in [-0.3, -0.25) is 10.1 Å². The van der Waals surface area contributed by atoms with Crippen molar-refractivity contribution in [2.45, 2.75) is 19.1 Å². The van der Waals surface area contributed by atoms with Gasteiger partial charge in [-0.2, -0.15) is 5.10 Å². The van der Waals surface area contributed by atoms with E-state index >= 15 is 0 Å². The van der Waals surface area contributed by atoms with Gasteiger partial charge in [-0.1, -0.05) is 0 Å². The van der Waals surface area contributed by atoms with E-state index in [2.05, 4.69) is 15.5 Å². The zero-order chi connectivity index (χ0) is 10.8. The number of nitrogens with one attached hydrogen (secondary N) is 1. The minimum absolute atomic E-state index is 0.0905. The smallest absolute Gasteiger partial charge is 0.0980 e. The Balaban J connectivity index is 2.13. The Hall–Kier alpha value is -0.950. The van der Waals surface area contributed by atoms with Crippen LogP contribution in [0.4, 0.5) is 0 Å². The third-order valence-corrected chi connectivity index (χ3v) is 2.71. The first-order chi connectivity index (χ1) is 7.28. The maximum atomic E-state index is 9.02. The maximum Gasteiger partial charge on any atom is 0.0980 e. The van der Waals surface area contributed by atoms with Gasteiger partial charge in [0.25, 0.3) is 0 Å². The van der Waals surface area contributed by atoms with Gasteiger partial charge in [-0.15, -0.1) is 0 Å².